The minimum atomic E-state index is -0.564. The number of amides is 4. The van der Waals surface area contributed by atoms with Crippen molar-refractivity contribution in [3.63, 3.8) is 0 Å². The number of esters is 1. The number of H-pyrrole nitrogens is 4. The van der Waals surface area contributed by atoms with Crippen LogP contribution < -0.4 is 19.6 Å². The first-order chi connectivity index (χ1) is 50.9. The first-order valence-corrected chi connectivity index (χ1v) is 35.7. The van der Waals surface area contributed by atoms with Crippen LogP contribution in [0.25, 0.3) is 43.6 Å². The number of anilines is 4. The van der Waals surface area contributed by atoms with E-state index in [0.717, 1.165) is 161 Å². The summed E-state index contributed by atoms with van der Waals surface area (Å²) in [5.74, 6) is 0.0572. The molecule has 516 valence electrons. The fraction of sp³-hybridized carbons (Fsp3) is 0.224. The Balaban J connectivity index is 0.000000103. The van der Waals surface area contributed by atoms with E-state index in [0.29, 0.717) is 70.4 Å². The summed E-state index contributed by atoms with van der Waals surface area (Å²) in [5.41, 5.74) is 24.6. The molecule has 8 aromatic carbocycles. The Morgan fingerprint density at radius 1 is 0.375 bits per heavy atom. The zero-order valence-corrected chi connectivity index (χ0v) is 57.7. The Morgan fingerprint density at radius 2 is 0.702 bits per heavy atom. The normalized spacial score (nSPS) is 17.8. The molecule has 8 aliphatic heterocycles. The number of Topliss-reactive ketones (excluding diaryl/α,β-unsaturated/α-hetero) is 1. The molecule has 12 aromatic rings. The van der Waals surface area contributed by atoms with Crippen LogP contribution in [0.2, 0.25) is 0 Å². The maximum Gasteiger partial charge on any atom is 0.328 e. The molecule has 4 fully saturated rings. The van der Waals surface area contributed by atoms with Crippen LogP contribution in [-0.4, -0.2) is 110 Å². The summed E-state index contributed by atoms with van der Waals surface area (Å²) < 4.78 is 4.89. The van der Waals surface area contributed by atoms with Crippen molar-refractivity contribution in [3.8, 4) is 0 Å². The lowest BCUT2D eigenvalue weighted by Crippen LogP contribution is -2.39. The topological polar surface area (TPSA) is 237 Å². The van der Waals surface area contributed by atoms with Gasteiger partial charge in [-0.3, -0.25) is 48.8 Å². The summed E-state index contributed by atoms with van der Waals surface area (Å²) in [7, 11) is 1.35. The van der Waals surface area contributed by atoms with Gasteiger partial charge in [0.25, 0.3) is 0 Å². The Labute approximate surface area is 599 Å². The number of rotatable bonds is 10. The highest BCUT2D eigenvalue weighted by atomic mass is 16.5. The second-order valence-electron chi connectivity index (χ2n) is 27.5. The monoisotopic (exact) mass is 1370 g/mol. The summed E-state index contributed by atoms with van der Waals surface area (Å²) >= 11 is 0. The van der Waals surface area contributed by atoms with E-state index in [1.54, 1.807) is 16.7 Å². The minimum Gasteiger partial charge on any atom is -0.467 e. The van der Waals surface area contributed by atoms with Gasteiger partial charge in [-0.1, -0.05) is 97.1 Å². The molecule has 0 spiro atoms. The third-order valence-corrected chi connectivity index (χ3v) is 21.1. The molecule has 12 heterocycles. The zero-order chi connectivity index (χ0) is 70.7. The quantitative estimate of drug-likeness (QED) is 0.0965. The summed E-state index contributed by atoms with van der Waals surface area (Å²) in [5, 5.41) is 4.65. The maximum absolute atomic E-state index is 12.5. The van der Waals surface area contributed by atoms with Gasteiger partial charge in [-0.15, -0.1) is 0 Å². The second-order valence-corrected chi connectivity index (χ2v) is 27.5. The average molecular weight is 1380 g/mol. The fourth-order valence-corrected chi connectivity index (χ4v) is 15.8. The lowest BCUT2D eigenvalue weighted by Gasteiger charge is -2.27. The van der Waals surface area contributed by atoms with Crippen LogP contribution in [0.3, 0.4) is 0 Å². The van der Waals surface area contributed by atoms with Crippen LogP contribution in [0.5, 0.6) is 0 Å². The van der Waals surface area contributed by atoms with Crippen molar-refractivity contribution in [2.75, 3.05) is 39.8 Å². The van der Waals surface area contributed by atoms with Gasteiger partial charge in [0, 0.05) is 127 Å². The molecule has 104 heavy (non-hydrogen) atoms. The fourth-order valence-electron chi connectivity index (χ4n) is 15.8. The lowest BCUT2D eigenvalue weighted by molar-refractivity contribution is -0.142. The standard InChI is InChI=1S/C22H19N3O3.C22H19N3O2.C21H19N3O.C20H17N3O/c1-28-22(27)19-8-9-20(26)25(19)15-7-6-14-12-23-21(16(14)11-15)18-10-13-4-2-3-5-17(13)24-18;1-13(26)20-8-9-21(27)25(20)16-7-6-15-12-23-22(17(15)11-16)19-10-14-4-2-3-5-18(14)24-19;25-20-7-3-4-10-24(20)16-9-8-15-13-22-21(17(15)12-16)19-11-14-5-1-2-6-18(14)23-19;24-19-6-3-9-23(19)15-8-7-14-12-21-20(16(14)11-15)18-10-13-4-1-2-5-17(13)22-18/h2-7,10-11,19,24H,8-9,12H2,1H3;2-7,10-11,20,24H,8-9,12H2,1H3;1-2,5-6,8-9,11-12,23H,3-4,7,10,13H2;1-2,4-5,7-8,10-11,22H,3,6,9,12H2/t19-;20-;;/m00../s1. The molecule has 8 aliphatic rings. The van der Waals surface area contributed by atoms with Crippen molar-refractivity contribution >= 4 is 125 Å². The summed E-state index contributed by atoms with van der Waals surface area (Å²) in [4.78, 5) is 113. The summed E-state index contributed by atoms with van der Waals surface area (Å²) in [6.07, 6.45) is 6.16. The summed E-state index contributed by atoms with van der Waals surface area (Å²) in [6, 6.07) is 64.7. The first-order valence-electron chi connectivity index (χ1n) is 35.7. The second kappa shape index (κ2) is 27.2. The maximum atomic E-state index is 12.5. The average Bonchev–Trinajstić information content (AvgIpc) is 1.61. The van der Waals surface area contributed by atoms with Crippen LogP contribution in [0.1, 0.15) is 132 Å². The number of methoxy groups -OCH3 is 1. The highest BCUT2D eigenvalue weighted by Crippen LogP contribution is 2.38. The molecule has 20 rings (SSSR count). The van der Waals surface area contributed by atoms with Gasteiger partial charge in [0.2, 0.25) is 23.6 Å². The van der Waals surface area contributed by atoms with Crippen molar-refractivity contribution in [1.82, 2.24) is 19.9 Å². The Hall–Kier alpha value is -12.4. The number of hydrogen-bond acceptors (Lipinski definition) is 11. The number of ketones is 1. The van der Waals surface area contributed by atoms with E-state index in [1.165, 1.54) is 29.0 Å². The number of aliphatic imine (C=N–C) groups is 4. The van der Waals surface area contributed by atoms with E-state index in [4.69, 9.17) is 24.7 Å². The Kier molecular flexibility index (Phi) is 17.0. The van der Waals surface area contributed by atoms with Gasteiger partial charge in [0.15, 0.2) is 5.78 Å². The van der Waals surface area contributed by atoms with E-state index < -0.39 is 6.04 Å². The number of para-hydroxylation sites is 4. The molecular weight excluding hydrogens is 1300 g/mol. The predicted molar refractivity (Wildman–Crippen MR) is 408 cm³/mol. The molecule has 4 saturated heterocycles. The smallest absolute Gasteiger partial charge is 0.328 e. The molecule has 2 atom stereocenters. The van der Waals surface area contributed by atoms with Gasteiger partial charge in [-0.2, -0.15) is 0 Å². The molecule has 4 aromatic heterocycles. The molecular formula is C85H74N12O7. The van der Waals surface area contributed by atoms with E-state index >= 15 is 0 Å². The third-order valence-electron chi connectivity index (χ3n) is 21.1. The van der Waals surface area contributed by atoms with E-state index in [-0.39, 0.29) is 41.4 Å². The number of piperidine rings is 1. The minimum absolute atomic E-state index is 0.0113. The van der Waals surface area contributed by atoms with Gasteiger partial charge in [0.1, 0.15) is 6.04 Å². The Morgan fingerprint density at radius 3 is 1.05 bits per heavy atom. The third kappa shape index (κ3) is 12.2. The number of ether oxygens (including phenoxy) is 1. The summed E-state index contributed by atoms with van der Waals surface area (Å²) in [6.45, 7) is 5.83. The number of fused-ring (bicyclic) bond motifs is 8. The van der Waals surface area contributed by atoms with Gasteiger partial charge >= 0.3 is 5.97 Å². The lowest BCUT2D eigenvalue weighted by atomic mass is 10.0. The molecule has 0 radical (unpaired) electrons. The number of aromatic amines is 4. The number of hydrogen-bond donors (Lipinski definition) is 4. The molecule has 0 saturated carbocycles. The van der Waals surface area contributed by atoms with Crippen molar-refractivity contribution in [2.45, 2.75) is 103 Å². The van der Waals surface area contributed by atoms with E-state index in [1.807, 2.05) is 113 Å². The number of aromatic nitrogens is 4. The van der Waals surface area contributed by atoms with Crippen molar-refractivity contribution in [3.05, 3.63) is 261 Å². The predicted octanol–water partition coefficient (Wildman–Crippen LogP) is 14.5. The number of nitrogens with one attached hydrogen (secondary N) is 4. The van der Waals surface area contributed by atoms with Crippen LogP contribution in [0.4, 0.5) is 22.7 Å². The zero-order valence-electron chi connectivity index (χ0n) is 57.7. The molecule has 0 aliphatic carbocycles. The van der Waals surface area contributed by atoms with Crippen molar-refractivity contribution in [1.29, 1.82) is 0 Å². The van der Waals surface area contributed by atoms with Crippen molar-refractivity contribution < 1.29 is 33.5 Å². The highest BCUT2D eigenvalue weighted by Gasteiger charge is 2.40. The van der Waals surface area contributed by atoms with Gasteiger partial charge < -0.3 is 39.4 Å². The number of benzene rings is 8. The van der Waals surface area contributed by atoms with Crippen molar-refractivity contribution in [2.24, 2.45) is 20.0 Å². The molecule has 19 heteroatoms. The number of carbonyl (C=O) groups is 6. The van der Waals surface area contributed by atoms with E-state index in [9.17, 15) is 28.8 Å². The molecule has 4 amide bonds. The highest BCUT2D eigenvalue weighted by molar-refractivity contribution is 6.20. The Bertz CT molecular complexity index is 5530. The van der Waals surface area contributed by atoms with Crippen LogP contribution >= 0.6 is 0 Å². The van der Waals surface area contributed by atoms with Crippen LogP contribution in [-0.2, 0) is 59.7 Å². The van der Waals surface area contributed by atoms with Gasteiger partial charge in [-0.05, 0) is 158 Å². The van der Waals surface area contributed by atoms with Gasteiger partial charge in [-0.25, -0.2) is 4.79 Å². The van der Waals surface area contributed by atoms with E-state index in [2.05, 4.69) is 111 Å². The first kappa shape index (κ1) is 65.0. The van der Waals surface area contributed by atoms with Crippen LogP contribution in [0.15, 0.2) is 214 Å². The SMILES string of the molecule is CC(=O)[C@@H]1CCC(=O)N1c1ccc2c(c1)C(c1cc3ccccc3[nH]1)=NC2.COC(=O)[C@@H]1CCC(=O)N1c1ccc2c(c1)C(c1cc3ccccc3[nH]1)=NC2.O=C1CCCCN1c1ccc2c(c1)C(c1cc3ccccc3[nH]1)=NC2.O=C1CCCN1c1ccc2c(c1)C(c1cc3ccccc3[nH]1)=NC2. The molecule has 0 unspecified atom stereocenters. The van der Waals surface area contributed by atoms with Crippen LogP contribution in [0, 0.1) is 0 Å². The largest absolute Gasteiger partial charge is 0.467 e. The van der Waals surface area contributed by atoms with Gasteiger partial charge in [0.05, 0.1) is 85.0 Å². The number of carbonyl (C=O) groups excluding carboxylic acids is 6. The molecule has 4 N–H and O–H groups in total. The molecule has 0 bridgehead atoms. The molecule has 19 nitrogen and oxygen atoms in total. The number of nitrogens with zero attached hydrogens (tertiary/aromatic N) is 8.